The number of halogens is 6. The first-order valence-corrected chi connectivity index (χ1v) is 13.1. The lowest BCUT2D eigenvalue weighted by Gasteiger charge is -2.33. The van der Waals surface area contributed by atoms with Gasteiger partial charge >= 0.3 is 6.18 Å². The van der Waals surface area contributed by atoms with Crippen LogP contribution in [0.4, 0.5) is 22.0 Å². The molecule has 1 saturated heterocycles. The van der Waals surface area contributed by atoms with Crippen molar-refractivity contribution in [2.75, 3.05) is 0 Å². The summed E-state index contributed by atoms with van der Waals surface area (Å²) >= 11 is 6.07. The lowest BCUT2D eigenvalue weighted by atomic mass is 9.92. The molecule has 2 aliphatic heterocycles. The smallest absolute Gasteiger partial charge is 0.383 e. The maximum Gasteiger partial charge on any atom is 0.414 e. The second-order valence-corrected chi connectivity index (χ2v) is 10.3. The number of aliphatic hydroxyl groups excluding tert-OH is 1. The first-order chi connectivity index (χ1) is 20.0. The maximum absolute atomic E-state index is 15.3. The van der Waals surface area contributed by atoms with E-state index in [1.54, 1.807) is 11.0 Å². The number of nitrogens with one attached hydrogen (secondary N) is 1. The largest absolute Gasteiger partial charge is 0.414 e. The monoisotopic (exact) mass is 606 g/mol. The summed E-state index contributed by atoms with van der Waals surface area (Å²) in [6.45, 7) is 0. The van der Waals surface area contributed by atoms with Gasteiger partial charge in [-0.05, 0) is 53.5 Å². The van der Waals surface area contributed by atoms with E-state index in [-0.39, 0.29) is 33.8 Å². The first-order valence-electron chi connectivity index (χ1n) is 12.7. The van der Waals surface area contributed by atoms with E-state index in [1.165, 1.54) is 35.4 Å². The summed E-state index contributed by atoms with van der Waals surface area (Å²) in [4.78, 5) is 26.0. The Bertz CT molecular complexity index is 1690. The van der Waals surface area contributed by atoms with E-state index in [2.05, 4.69) is 30.5 Å². The number of hydrogen-bond acceptors (Lipinski definition) is 7. The standard InChI is InChI=1S/C26H20ClF5N8O2/c27-15-2-4-18(39-11-35-37-38-39)22(24(15)29)12-7-13-1-3-19(40(13)21(42)8-12)25-34-10-17(36-25)14-5-6-33-16(23(14)28)9-20(41)26(30,31)32/h2,4-6,8,10-11,13,19-20,41H,1,3,7,9H2,(H,34,36)/t13-,19+,20-/m1/s1. The van der Waals surface area contributed by atoms with Crippen LogP contribution in [0, 0.1) is 11.6 Å². The Morgan fingerprint density at radius 3 is 2.69 bits per heavy atom. The van der Waals surface area contributed by atoms with E-state index < -0.39 is 42.1 Å². The molecule has 2 aliphatic rings. The maximum atomic E-state index is 15.3. The van der Waals surface area contributed by atoms with Crippen LogP contribution in [-0.2, 0) is 11.2 Å². The number of fused-ring (bicyclic) bond motifs is 1. The number of pyridine rings is 1. The number of aromatic nitrogens is 7. The number of tetrazole rings is 1. The van der Waals surface area contributed by atoms with Crippen LogP contribution in [0.25, 0.3) is 22.5 Å². The van der Waals surface area contributed by atoms with Gasteiger partial charge in [-0.2, -0.15) is 17.9 Å². The number of carbonyl (C=O) groups excluding carboxylic acids is 1. The Hall–Kier alpha value is -4.24. The van der Waals surface area contributed by atoms with Gasteiger partial charge in [0, 0.05) is 35.9 Å². The minimum Gasteiger partial charge on any atom is -0.383 e. The van der Waals surface area contributed by atoms with Crippen molar-refractivity contribution < 1.29 is 31.9 Å². The van der Waals surface area contributed by atoms with Crippen molar-refractivity contribution in [1.82, 2.24) is 40.1 Å². The van der Waals surface area contributed by atoms with Crippen LogP contribution in [0.2, 0.25) is 5.02 Å². The van der Waals surface area contributed by atoms with E-state index in [0.29, 0.717) is 36.3 Å². The van der Waals surface area contributed by atoms with Crippen LogP contribution >= 0.6 is 11.6 Å². The van der Waals surface area contributed by atoms with Crippen molar-refractivity contribution >= 4 is 23.1 Å². The lowest BCUT2D eigenvalue weighted by Crippen LogP contribution is -2.39. The Labute approximate surface area is 238 Å². The minimum absolute atomic E-state index is 0.0820. The molecule has 3 atom stereocenters. The summed E-state index contributed by atoms with van der Waals surface area (Å²) in [6, 6.07) is 3.40. The molecule has 1 amide bonds. The second kappa shape index (κ2) is 10.5. The summed E-state index contributed by atoms with van der Waals surface area (Å²) in [7, 11) is 0. The zero-order valence-corrected chi connectivity index (χ0v) is 22.1. The van der Waals surface area contributed by atoms with E-state index in [9.17, 15) is 23.1 Å². The van der Waals surface area contributed by atoms with Crippen LogP contribution in [0.5, 0.6) is 0 Å². The number of amides is 1. The van der Waals surface area contributed by atoms with Crippen molar-refractivity contribution in [3.05, 3.63) is 76.7 Å². The number of alkyl halides is 3. The molecule has 16 heteroatoms. The first kappa shape index (κ1) is 27.9. The van der Waals surface area contributed by atoms with Crippen LogP contribution < -0.4 is 0 Å². The molecule has 2 N–H and O–H groups in total. The molecule has 0 bridgehead atoms. The molecule has 0 radical (unpaired) electrons. The molecule has 6 rings (SSSR count). The van der Waals surface area contributed by atoms with Crippen LogP contribution in [-0.4, -0.2) is 69.4 Å². The van der Waals surface area contributed by atoms with Crippen LogP contribution in [0.15, 0.2) is 43.0 Å². The van der Waals surface area contributed by atoms with Gasteiger partial charge < -0.3 is 15.0 Å². The van der Waals surface area contributed by atoms with Crippen LogP contribution in [0.3, 0.4) is 0 Å². The quantitative estimate of drug-likeness (QED) is 0.312. The van der Waals surface area contributed by atoms with Gasteiger partial charge in [-0.15, -0.1) is 5.10 Å². The van der Waals surface area contributed by atoms with Gasteiger partial charge in [0.15, 0.2) is 17.7 Å². The Balaban J connectivity index is 1.28. The van der Waals surface area contributed by atoms with Gasteiger partial charge in [-0.1, -0.05) is 11.6 Å². The highest BCUT2D eigenvalue weighted by Crippen LogP contribution is 2.44. The molecular weight excluding hydrogens is 587 g/mol. The Morgan fingerprint density at radius 1 is 1.14 bits per heavy atom. The molecule has 1 fully saturated rings. The number of rotatable bonds is 6. The van der Waals surface area contributed by atoms with E-state index in [4.69, 9.17) is 11.6 Å². The molecule has 5 heterocycles. The number of hydrogen-bond donors (Lipinski definition) is 2. The van der Waals surface area contributed by atoms with Crippen molar-refractivity contribution in [3.63, 3.8) is 0 Å². The predicted octanol–water partition coefficient (Wildman–Crippen LogP) is 4.36. The number of imidazole rings is 1. The van der Waals surface area contributed by atoms with Gasteiger partial charge in [0.05, 0.1) is 34.3 Å². The molecular formula is C26H20ClF5N8O2. The predicted molar refractivity (Wildman–Crippen MR) is 137 cm³/mol. The van der Waals surface area contributed by atoms with Crippen LogP contribution in [0.1, 0.15) is 42.4 Å². The summed E-state index contributed by atoms with van der Waals surface area (Å²) < 4.78 is 70.1. The summed E-state index contributed by atoms with van der Waals surface area (Å²) in [6.07, 6.45) is -2.26. The lowest BCUT2D eigenvalue weighted by molar-refractivity contribution is -0.203. The summed E-state index contributed by atoms with van der Waals surface area (Å²) in [5, 5.41) is 20.3. The van der Waals surface area contributed by atoms with E-state index >= 15 is 8.78 Å². The highest BCUT2D eigenvalue weighted by atomic mass is 35.5. The number of benzene rings is 1. The van der Waals surface area contributed by atoms with Gasteiger partial charge in [-0.3, -0.25) is 9.78 Å². The normalized spacial score (nSPS) is 19.6. The zero-order valence-electron chi connectivity index (χ0n) is 21.4. The third kappa shape index (κ3) is 4.91. The molecule has 218 valence electrons. The van der Waals surface area contributed by atoms with Gasteiger partial charge in [0.25, 0.3) is 0 Å². The molecule has 3 aromatic heterocycles. The average Bonchev–Trinajstić information content (AvgIpc) is 3.72. The fourth-order valence-electron chi connectivity index (χ4n) is 5.48. The Morgan fingerprint density at radius 2 is 1.95 bits per heavy atom. The number of nitrogens with zero attached hydrogens (tertiary/aromatic N) is 7. The minimum atomic E-state index is -4.92. The molecule has 1 aromatic carbocycles. The topological polar surface area (TPSA) is 126 Å². The number of aromatic amines is 1. The molecule has 10 nitrogen and oxygen atoms in total. The third-order valence-corrected chi connectivity index (χ3v) is 7.72. The fourth-order valence-corrected chi connectivity index (χ4v) is 5.64. The molecule has 0 spiro atoms. The van der Waals surface area contributed by atoms with Gasteiger partial charge in [0.2, 0.25) is 5.91 Å². The van der Waals surface area contributed by atoms with Crippen molar-refractivity contribution in [1.29, 1.82) is 0 Å². The van der Waals surface area contributed by atoms with Gasteiger partial charge in [-0.25, -0.2) is 13.8 Å². The second-order valence-electron chi connectivity index (χ2n) is 9.94. The Kier molecular flexibility index (Phi) is 7.01. The highest BCUT2D eigenvalue weighted by molar-refractivity contribution is 6.31. The summed E-state index contributed by atoms with van der Waals surface area (Å²) in [5.74, 6) is -1.76. The molecule has 0 unspecified atom stereocenters. The van der Waals surface area contributed by atoms with Crippen molar-refractivity contribution in [3.8, 4) is 16.9 Å². The summed E-state index contributed by atoms with van der Waals surface area (Å²) in [5.41, 5.74) is 0.407. The number of aliphatic hydroxyl groups is 1. The third-order valence-electron chi connectivity index (χ3n) is 7.43. The van der Waals surface area contributed by atoms with Crippen molar-refractivity contribution in [2.24, 2.45) is 0 Å². The van der Waals surface area contributed by atoms with Crippen molar-refractivity contribution in [2.45, 2.75) is 50.0 Å². The average molecular weight is 607 g/mol. The SMILES string of the molecule is O=C1C=C(c2c(-n3cnnn3)ccc(Cl)c2F)C[C@H]2CC[C@@H](c3ncc(-c4ccnc(C[C@@H](O)C(F)(F)F)c4F)[nH]3)N12. The molecule has 4 aromatic rings. The fraction of sp³-hybridized carbons (Fsp3) is 0.308. The van der Waals surface area contributed by atoms with Gasteiger partial charge in [0.1, 0.15) is 12.2 Å². The number of carbonyl (C=O) groups is 1. The molecule has 0 saturated carbocycles. The molecule has 0 aliphatic carbocycles. The molecule has 42 heavy (non-hydrogen) atoms. The highest BCUT2D eigenvalue weighted by Gasteiger charge is 2.42. The van der Waals surface area contributed by atoms with E-state index in [1.807, 2.05) is 0 Å². The number of H-pyrrole nitrogens is 1. The van der Waals surface area contributed by atoms with E-state index in [0.717, 1.165) is 6.20 Å². The zero-order chi connectivity index (χ0) is 29.8.